The Labute approximate surface area is 508 Å². The topological polar surface area (TPSA) is 187 Å². The highest BCUT2D eigenvalue weighted by Gasteiger charge is 2.55. The van der Waals surface area contributed by atoms with Crippen molar-refractivity contribution in [2.75, 3.05) is 41.1 Å². The minimum absolute atomic E-state index is 0.0344. The van der Waals surface area contributed by atoms with Crippen LogP contribution in [0.3, 0.4) is 0 Å². The summed E-state index contributed by atoms with van der Waals surface area (Å²) in [4.78, 5) is 43.7. The predicted molar refractivity (Wildman–Crippen MR) is 330 cm³/mol. The van der Waals surface area contributed by atoms with Crippen LogP contribution in [0.5, 0.6) is 0 Å². The summed E-state index contributed by atoms with van der Waals surface area (Å²) in [5, 5.41) is 22.7. The van der Waals surface area contributed by atoms with Gasteiger partial charge in [-0.2, -0.15) is 0 Å². The molecule has 7 rings (SSSR count). The standard InChI is InChI=1S/C68H103NO15Si/c1-43(33-44(2)35-57(76-15)62-58(77-16)37-46(4)61(79-62)54(72)41-70)34-49-39-50(71)42-78-68(49)40-59(81-67(12,13)84-68)47(5)60(80-63(73)53-29-23-24-32-69(53)64(74)82-65(6,7)8)45(3)36-48-30-31-55(56(38-48)75-14)83-85(66(9,10)11,51-25-19-17-20-26-51)52-27-21-18-22-28-52/h17-22,25-28,34,36,39,44,46-48,53-62,70,72H,23-24,29-33,35,37-38,40-42H2,1-16H3/b43-34+,45-36+/t44-,46+,47+,48-,53?,54-,55+,56+,57-,58-,59-,60+,61?,62+,68+/m0/s1. The fourth-order valence-corrected chi connectivity index (χ4v) is 18.8. The highest BCUT2D eigenvalue weighted by atomic mass is 28.4. The average Bonchev–Trinajstić information content (AvgIpc) is 1.16. The van der Waals surface area contributed by atoms with E-state index in [0.717, 1.165) is 36.8 Å². The molecule has 0 aromatic heterocycles. The fourth-order valence-electron chi connectivity index (χ4n) is 14.1. The Morgan fingerprint density at radius 1 is 0.871 bits per heavy atom. The third kappa shape index (κ3) is 16.6. The maximum Gasteiger partial charge on any atom is 0.411 e. The van der Waals surface area contributed by atoms with Gasteiger partial charge < -0.3 is 57.3 Å². The maximum atomic E-state index is 14.9. The molecule has 1 aliphatic carbocycles. The van der Waals surface area contributed by atoms with Gasteiger partial charge in [-0.3, -0.25) is 9.69 Å². The number of likely N-dealkylation sites (tertiary alicyclic amines) is 1. The van der Waals surface area contributed by atoms with E-state index in [2.05, 4.69) is 94.4 Å². The molecule has 474 valence electrons. The number of aliphatic hydroxyl groups is 2. The van der Waals surface area contributed by atoms with E-state index >= 15 is 0 Å². The molecule has 4 fully saturated rings. The van der Waals surface area contributed by atoms with Crippen LogP contribution in [-0.4, -0.2) is 161 Å². The molecule has 0 bridgehead atoms. The van der Waals surface area contributed by atoms with Crippen LogP contribution < -0.4 is 10.4 Å². The van der Waals surface area contributed by atoms with Gasteiger partial charge in [0.15, 0.2) is 11.6 Å². The number of hydrogen-bond donors (Lipinski definition) is 2. The zero-order valence-electron chi connectivity index (χ0n) is 53.9. The van der Waals surface area contributed by atoms with E-state index in [1.54, 1.807) is 27.4 Å². The Bertz CT molecular complexity index is 2570. The molecule has 15 atom stereocenters. The lowest BCUT2D eigenvalue weighted by atomic mass is 9.81. The summed E-state index contributed by atoms with van der Waals surface area (Å²) in [7, 11) is 2.16. The van der Waals surface area contributed by atoms with E-state index < -0.39 is 86.6 Å². The van der Waals surface area contributed by atoms with Crippen molar-refractivity contribution in [2.45, 2.75) is 237 Å². The number of hydrogen-bond acceptors (Lipinski definition) is 15. The number of amides is 1. The number of ketones is 1. The number of ether oxygens (including phenoxy) is 9. The summed E-state index contributed by atoms with van der Waals surface area (Å²) in [6, 6.07) is 20.5. The van der Waals surface area contributed by atoms with Crippen LogP contribution in [0.15, 0.2) is 95.6 Å². The number of piperidine rings is 1. The molecule has 2 unspecified atom stereocenters. The van der Waals surface area contributed by atoms with Crippen LogP contribution in [0.25, 0.3) is 0 Å². The molecular weight excluding hydrogens is 1100 g/mol. The van der Waals surface area contributed by atoms with E-state index in [4.69, 9.17) is 47.1 Å². The summed E-state index contributed by atoms with van der Waals surface area (Å²) in [6.07, 6.45) is 6.89. The molecule has 16 nitrogen and oxygen atoms in total. The molecule has 1 amide bonds. The van der Waals surface area contributed by atoms with Crippen molar-refractivity contribution in [3.05, 3.63) is 95.6 Å². The number of methoxy groups -OCH3 is 3. The van der Waals surface area contributed by atoms with Gasteiger partial charge in [-0.25, -0.2) is 9.59 Å². The molecule has 2 N–H and O–H groups in total. The van der Waals surface area contributed by atoms with Crippen LogP contribution in [0.2, 0.25) is 5.04 Å². The highest BCUT2D eigenvalue weighted by molar-refractivity contribution is 6.99. The summed E-state index contributed by atoms with van der Waals surface area (Å²) in [6.45, 7) is 25.9. The van der Waals surface area contributed by atoms with Crippen molar-refractivity contribution in [3.63, 3.8) is 0 Å². The Hall–Kier alpha value is -4.11. The molecule has 2 aromatic carbocycles. The largest absolute Gasteiger partial charge is 0.456 e. The average molecular weight is 1200 g/mol. The lowest BCUT2D eigenvalue weighted by Crippen LogP contribution is -2.68. The number of carbonyl (C=O) groups excluding carboxylic acids is 3. The number of carbonyl (C=O) groups is 3. The van der Waals surface area contributed by atoms with Crippen LogP contribution in [0.1, 0.15) is 154 Å². The number of aliphatic hydroxyl groups excluding tert-OH is 2. The number of benzene rings is 2. The highest BCUT2D eigenvalue weighted by Crippen LogP contribution is 2.47. The molecule has 5 aliphatic rings. The fraction of sp³-hybridized carbons (Fsp3) is 0.691. The molecule has 4 aliphatic heterocycles. The Morgan fingerprint density at radius 3 is 2.11 bits per heavy atom. The molecule has 4 heterocycles. The third-order valence-corrected chi connectivity index (χ3v) is 23.1. The third-order valence-electron chi connectivity index (χ3n) is 18.1. The van der Waals surface area contributed by atoms with E-state index in [0.29, 0.717) is 44.2 Å². The van der Waals surface area contributed by atoms with Crippen molar-refractivity contribution >= 4 is 36.5 Å². The zero-order chi connectivity index (χ0) is 62.2. The molecule has 85 heavy (non-hydrogen) atoms. The first kappa shape index (κ1) is 68.4. The summed E-state index contributed by atoms with van der Waals surface area (Å²) in [5.41, 5.74) is 1.62. The lowest BCUT2D eigenvalue weighted by molar-refractivity contribution is -0.392. The molecule has 1 saturated carbocycles. The van der Waals surface area contributed by atoms with Crippen molar-refractivity contribution in [2.24, 2.45) is 23.7 Å². The van der Waals surface area contributed by atoms with Crippen molar-refractivity contribution in [3.8, 4) is 0 Å². The smallest absolute Gasteiger partial charge is 0.411 e. The second-order valence-corrected chi connectivity index (χ2v) is 31.8. The quantitative estimate of drug-likeness (QED) is 0.0682. The van der Waals surface area contributed by atoms with Gasteiger partial charge in [0.2, 0.25) is 5.79 Å². The zero-order valence-corrected chi connectivity index (χ0v) is 54.9. The second-order valence-electron chi connectivity index (χ2n) is 27.6. The van der Waals surface area contributed by atoms with E-state index in [9.17, 15) is 24.6 Å². The summed E-state index contributed by atoms with van der Waals surface area (Å²) < 4.78 is 65.5. The lowest BCUT2D eigenvalue weighted by Gasteiger charge is -2.51. The van der Waals surface area contributed by atoms with E-state index in [1.807, 2.05) is 68.4 Å². The molecule has 3 saturated heterocycles. The molecular formula is C68H103NO15Si. The first-order valence-corrected chi connectivity index (χ1v) is 33.1. The molecule has 17 heteroatoms. The molecule has 1 spiro atoms. The first-order valence-electron chi connectivity index (χ1n) is 31.2. The number of allylic oxidation sites excluding steroid dienone is 2. The Balaban J connectivity index is 1.17. The van der Waals surface area contributed by atoms with Crippen LogP contribution >= 0.6 is 0 Å². The minimum Gasteiger partial charge on any atom is -0.456 e. The first-order chi connectivity index (χ1) is 40.1. The van der Waals surface area contributed by atoms with Crippen LogP contribution in [0.4, 0.5) is 4.79 Å². The van der Waals surface area contributed by atoms with Gasteiger partial charge in [-0.15, -0.1) is 0 Å². The second kappa shape index (κ2) is 29.0. The van der Waals surface area contributed by atoms with Crippen molar-refractivity contribution in [1.29, 1.82) is 0 Å². The monoisotopic (exact) mass is 1200 g/mol. The Morgan fingerprint density at radius 2 is 1.52 bits per heavy atom. The molecule has 0 radical (unpaired) electrons. The SMILES string of the molecule is CO[C@@H](C[C@@H](C)C/C(C)=C/C1=CC(=O)CO[C@@]12C[C@@H]([C@@H](C)[C@H](OC(=O)C1CCCCN1C(=O)OC(C)(C)C)/C(C)=C/[C@@H]1CC[C@@H](O[Si](c3ccccc3)(c3ccccc3)C(C)(C)C)[C@H](OC)C1)OC(C)(C)O2)[C@H]1OC([C@@H](O)CO)[C@H](C)C[C@@H]1OC. The number of esters is 1. The summed E-state index contributed by atoms with van der Waals surface area (Å²) in [5.74, 6) is -3.77. The van der Waals surface area contributed by atoms with Gasteiger partial charge in [0.25, 0.3) is 8.32 Å². The van der Waals surface area contributed by atoms with Crippen LogP contribution in [-0.2, 0) is 56.6 Å². The minimum atomic E-state index is -2.92. The Kier molecular flexibility index (Phi) is 23.3. The van der Waals surface area contributed by atoms with Gasteiger partial charge in [0, 0.05) is 45.8 Å². The van der Waals surface area contributed by atoms with Gasteiger partial charge in [-0.05, 0) is 151 Å². The van der Waals surface area contributed by atoms with E-state index in [-0.39, 0.29) is 66.0 Å². The molecule has 2 aromatic rings. The normalized spacial score (nSPS) is 30.0. The van der Waals surface area contributed by atoms with Crippen molar-refractivity contribution in [1.82, 2.24) is 4.90 Å². The van der Waals surface area contributed by atoms with Gasteiger partial charge in [0.05, 0.1) is 43.2 Å². The van der Waals surface area contributed by atoms with Gasteiger partial charge in [0.1, 0.15) is 36.6 Å². The number of rotatable bonds is 21. The van der Waals surface area contributed by atoms with Gasteiger partial charge >= 0.3 is 12.1 Å². The summed E-state index contributed by atoms with van der Waals surface area (Å²) >= 11 is 0. The van der Waals surface area contributed by atoms with E-state index in [1.165, 1.54) is 15.3 Å². The number of nitrogens with zero attached hydrogens (tertiary/aromatic N) is 1. The maximum absolute atomic E-state index is 14.9. The predicted octanol–water partition coefficient (Wildman–Crippen LogP) is 10.3. The van der Waals surface area contributed by atoms with Gasteiger partial charge in [-0.1, -0.05) is 120 Å². The van der Waals surface area contributed by atoms with Crippen molar-refractivity contribution < 1.29 is 71.7 Å². The van der Waals surface area contributed by atoms with Crippen LogP contribution in [0, 0.1) is 23.7 Å².